The van der Waals surface area contributed by atoms with Crippen molar-refractivity contribution in [3.63, 3.8) is 0 Å². The number of phenols is 1. The molecule has 14 heteroatoms. The Balaban J connectivity index is 1.32. The molecule has 43 heavy (non-hydrogen) atoms. The SMILES string of the molecule is COC(=O)C1=CO[C@@H](O[C@@H]2O[C@@H]3COC(C)O[C@H]3[C@H](O)[C@H]2O)[C@H]2[C@@H]1C=C[C@@]21C=C(C(=O)c2ccc(O)c(OC)c2)C(=O)O1. The number of aromatic hydroxyl groups is 1. The third-order valence-corrected chi connectivity index (χ3v) is 8.17. The molecule has 0 amide bonds. The number of Topliss-reactive ketones (excluding diaryl/α,β-unsaturated/α-hetero) is 1. The molecule has 1 spiro atoms. The van der Waals surface area contributed by atoms with Crippen LogP contribution in [-0.4, -0.2) is 103 Å². The maximum atomic E-state index is 13.4. The van der Waals surface area contributed by atoms with Crippen molar-refractivity contribution in [1.82, 2.24) is 0 Å². The van der Waals surface area contributed by atoms with Gasteiger partial charge in [-0.3, -0.25) is 4.79 Å². The highest BCUT2D eigenvalue weighted by molar-refractivity contribution is 6.25. The van der Waals surface area contributed by atoms with Crippen molar-refractivity contribution < 1.29 is 67.6 Å². The summed E-state index contributed by atoms with van der Waals surface area (Å²) in [6.07, 6.45) is -2.33. The molecule has 0 radical (unpaired) electrons. The molecule has 2 fully saturated rings. The zero-order valence-corrected chi connectivity index (χ0v) is 23.3. The second kappa shape index (κ2) is 11.0. The van der Waals surface area contributed by atoms with E-state index in [1.165, 1.54) is 44.6 Å². The van der Waals surface area contributed by atoms with Crippen LogP contribution in [0.25, 0.3) is 0 Å². The Kier molecular flexibility index (Phi) is 7.52. The van der Waals surface area contributed by atoms with Gasteiger partial charge in [-0.15, -0.1) is 0 Å². The number of aliphatic hydroxyl groups is 2. The Hall–Kier alpha value is -3.79. The molecule has 1 unspecified atom stereocenters. The van der Waals surface area contributed by atoms with Gasteiger partial charge in [-0.25, -0.2) is 9.59 Å². The van der Waals surface area contributed by atoms with Crippen molar-refractivity contribution >= 4 is 17.7 Å². The molecule has 230 valence electrons. The first-order valence-electron chi connectivity index (χ1n) is 13.5. The van der Waals surface area contributed by atoms with Crippen molar-refractivity contribution in [3.8, 4) is 11.5 Å². The fourth-order valence-electron chi connectivity index (χ4n) is 6.02. The fraction of sp³-hybridized carbons (Fsp3) is 0.483. The summed E-state index contributed by atoms with van der Waals surface area (Å²) in [4.78, 5) is 39.2. The van der Waals surface area contributed by atoms with Gasteiger partial charge < -0.3 is 53.2 Å². The molecular formula is C29H30O14. The monoisotopic (exact) mass is 602 g/mol. The summed E-state index contributed by atoms with van der Waals surface area (Å²) in [6, 6.07) is 3.88. The average molecular weight is 603 g/mol. The number of esters is 2. The van der Waals surface area contributed by atoms with Gasteiger partial charge in [0.1, 0.15) is 30.0 Å². The van der Waals surface area contributed by atoms with E-state index < -0.39 is 78.4 Å². The van der Waals surface area contributed by atoms with E-state index in [0.29, 0.717) is 0 Å². The molecule has 10 atom stereocenters. The van der Waals surface area contributed by atoms with Crippen LogP contribution in [0.3, 0.4) is 0 Å². The van der Waals surface area contributed by atoms with Gasteiger partial charge in [-0.05, 0) is 37.3 Å². The van der Waals surface area contributed by atoms with Gasteiger partial charge >= 0.3 is 11.9 Å². The van der Waals surface area contributed by atoms with Crippen LogP contribution < -0.4 is 4.74 Å². The van der Waals surface area contributed by atoms with Crippen LogP contribution in [0, 0.1) is 11.8 Å². The molecule has 3 N–H and O–H groups in total. The van der Waals surface area contributed by atoms with Crippen LogP contribution >= 0.6 is 0 Å². The Morgan fingerprint density at radius 3 is 2.63 bits per heavy atom. The van der Waals surface area contributed by atoms with E-state index in [1.54, 1.807) is 13.0 Å². The van der Waals surface area contributed by atoms with E-state index in [9.17, 15) is 29.7 Å². The smallest absolute Gasteiger partial charge is 0.343 e. The van der Waals surface area contributed by atoms with E-state index in [1.807, 2.05) is 0 Å². The lowest BCUT2D eigenvalue weighted by molar-refractivity contribution is -0.378. The molecule has 14 nitrogen and oxygen atoms in total. The number of phenolic OH excluding ortho intramolecular Hbond substituents is 1. The normalized spacial score (nSPS) is 37.9. The molecule has 4 aliphatic heterocycles. The number of allylic oxidation sites excluding steroid dienone is 1. The topological polar surface area (TPSA) is 186 Å². The summed E-state index contributed by atoms with van der Waals surface area (Å²) in [7, 11) is 2.52. The van der Waals surface area contributed by atoms with Gasteiger partial charge in [0.15, 0.2) is 35.5 Å². The number of ketones is 1. The van der Waals surface area contributed by atoms with Gasteiger partial charge in [0.25, 0.3) is 0 Å². The van der Waals surface area contributed by atoms with E-state index in [4.69, 9.17) is 37.9 Å². The molecule has 5 aliphatic rings. The predicted molar refractivity (Wildman–Crippen MR) is 139 cm³/mol. The molecule has 4 heterocycles. The predicted octanol–water partition coefficient (Wildman–Crippen LogP) is 0.246. The minimum absolute atomic E-state index is 0.0362. The van der Waals surface area contributed by atoms with E-state index in [0.717, 1.165) is 6.26 Å². The minimum Gasteiger partial charge on any atom is -0.504 e. The van der Waals surface area contributed by atoms with Crippen molar-refractivity contribution in [1.29, 1.82) is 0 Å². The lowest BCUT2D eigenvalue weighted by Gasteiger charge is -2.47. The number of fused-ring (bicyclic) bond motifs is 3. The number of carbonyl (C=O) groups is 3. The average Bonchev–Trinajstić information content (AvgIpc) is 3.54. The number of hydrogen-bond donors (Lipinski definition) is 3. The summed E-state index contributed by atoms with van der Waals surface area (Å²) in [5.74, 6) is -4.23. The number of aliphatic hydroxyl groups excluding tert-OH is 2. The number of hydrogen-bond acceptors (Lipinski definition) is 14. The maximum Gasteiger partial charge on any atom is 0.343 e. The van der Waals surface area contributed by atoms with Gasteiger partial charge in [-0.1, -0.05) is 6.08 Å². The third kappa shape index (κ3) is 4.89. The zero-order valence-electron chi connectivity index (χ0n) is 23.3. The van der Waals surface area contributed by atoms with Crippen molar-refractivity contribution in [2.75, 3.05) is 20.8 Å². The zero-order chi connectivity index (χ0) is 30.6. The summed E-state index contributed by atoms with van der Waals surface area (Å²) in [5.41, 5.74) is -1.76. The van der Waals surface area contributed by atoms with Crippen LogP contribution in [0.5, 0.6) is 11.5 Å². The highest BCUT2D eigenvalue weighted by Gasteiger charge is 2.60. The number of carbonyl (C=O) groups excluding carboxylic acids is 3. The number of ether oxygens (including phenoxy) is 8. The molecule has 0 bridgehead atoms. The van der Waals surface area contributed by atoms with Crippen molar-refractivity contribution in [3.05, 3.63) is 59.4 Å². The van der Waals surface area contributed by atoms with Crippen LogP contribution in [0.1, 0.15) is 17.3 Å². The van der Waals surface area contributed by atoms with E-state index in [2.05, 4.69) is 0 Å². The summed E-state index contributed by atoms with van der Waals surface area (Å²) in [6.45, 7) is 1.72. The summed E-state index contributed by atoms with van der Waals surface area (Å²) < 4.78 is 44.6. The Labute approximate surface area is 245 Å². The standard InChI is InChI=1S/C29H30O14/c1-12-38-11-19-24(40-12)22(32)23(33)28(41-19)42-27-20-14(16(10-39-27)25(34)37-3)6-7-29(20)9-15(26(35)43-29)21(31)13-4-5-17(30)18(8-13)36-2/h4-10,12,14,19-20,22-24,27-28,30,32-33H,11H2,1-3H3/t12?,14-,19-,20-,22-,23-,24-,27+,28+,29-/m1/s1. The fourth-order valence-corrected chi connectivity index (χ4v) is 6.02. The Morgan fingerprint density at radius 1 is 1.09 bits per heavy atom. The Bertz CT molecular complexity index is 1410. The molecule has 0 saturated carbocycles. The first-order chi connectivity index (χ1) is 20.6. The van der Waals surface area contributed by atoms with Crippen LogP contribution in [0.2, 0.25) is 0 Å². The molecule has 1 aromatic rings. The molecule has 2 saturated heterocycles. The summed E-state index contributed by atoms with van der Waals surface area (Å²) in [5, 5.41) is 31.5. The van der Waals surface area contributed by atoms with Crippen LogP contribution in [-0.2, 0) is 42.7 Å². The van der Waals surface area contributed by atoms with Crippen LogP contribution in [0.15, 0.2) is 53.8 Å². The maximum absolute atomic E-state index is 13.4. The molecule has 1 aromatic carbocycles. The van der Waals surface area contributed by atoms with E-state index >= 15 is 0 Å². The van der Waals surface area contributed by atoms with Gasteiger partial charge in [0, 0.05) is 11.5 Å². The Morgan fingerprint density at radius 2 is 1.88 bits per heavy atom. The minimum atomic E-state index is -1.61. The largest absolute Gasteiger partial charge is 0.504 e. The molecular weight excluding hydrogens is 572 g/mol. The van der Waals surface area contributed by atoms with Gasteiger partial charge in [0.2, 0.25) is 6.29 Å². The first-order valence-corrected chi connectivity index (χ1v) is 13.5. The van der Waals surface area contributed by atoms with Gasteiger partial charge in [-0.2, -0.15) is 0 Å². The third-order valence-electron chi connectivity index (χ3n) is 8.17. The highest BCUT2D eigenvalue weighted by Crippen LogP contribution is 2.51. The number of rotatable bonds is 6. The lowest BCUT2D eigenvalue weighted by Crippen LogP contribution is -2.64. The lowest BCUT2D eigenvalue weighted by atomic mass is 9.78. The number of methoxy groups -OCH3 is 2. The summed E-state index contributed by atoms with van der Waals surface area (Å²) >= 11 is 0. The van der Waals surface area contributed by atoms with Crippen LogP contribution in [0.4, 0.5) is 0 Å². The second-order valence-corrected chi connectivity index (χ2v) is 10.7. The van der Waals surface area contributed by atoms with Crippen molar-refractivity contribution in [2.45, 2.75) is 55.8 Å². The second-order valence-electron chi connectivity index (χ2n) is 10.7. The highest BCUT2D eigenvalue weighted by atomic mass is 16.8. The first kappa shape index (κ1) is 29.3. The molecule has 0 aromatic heterocycles. The quantitative estimate of drug-likeness (QED) is 0.174. The molecule has 6 rings (SSSR count). The van der Waals surface area contributed by atoms with Crippen molar-refractivity contribution in [2.24, 2.45) is 11.8 Å². The van der Waals surface area contributed by atoms with Gasteiger partial charge in [0.05, 0.1) is 38.6 Å². The number of benzene rings is 1. The molecule has 1 aliphatic carbocycles. The van der Waals surface area contributed by atoms with E-state index in [-0.39, 0.29) is 34.8 Å².